The highest BCUT2D eigenvalue weighted by Gasteiger charge is 2.52. The summed E-state index contributed by atoms with van der Waals surface area (Å²) in [5.74, 6) is -0.682. The van der Waals surface area contributed by atoms with Gasteiger partial charge in [-0.2, -0.15) is 0 Å². The van der Waals surface area contributed by atoms with Gasteiger partial charge in [-0.1, -0.05) is 11.6 Å². The second-order valence-corrected chi connectivity index (χ2v) is 6.94. The van der Waals surface area contributed by atoms with Crippen LogP contribution in [0.5, 0.6) is 5.75 Å². The normalized spacial score (nSPS) is 21.0. The fourth-order valence-electron chi connectivity index (χ4n) is 2.10. The molecule has 0 bridgehead atoms. The lowest BCUT2D eigenvalue weighted by Gasteiger charge is -2.32. The summed E-state index contributed by atoms with van der Waals surface area (Å²) in [6.07, 6.45) is 0.485. The van der Waals surface area contributed by atoms with Crippen molar-refractivity contribution in [2.75, 3.05) is 6.61 Å². The van der Waals surface area contributed by atoms with Crippen LogP contribution in [0.2, 0.25) is 5.02 Å². The summed E-state index contributed by atoms with van der Waals surface area (Å²) in [5.41, 5.74) is 5.27. The highest BCUT2D eigenvalue weighted by molar-refractivity contribution is 6.47. The Labute approximate surface area is 136 Å². The Morgan fingerprint density at radius 1 is 1.27 bits per heavy atom. The summed E-state index contributed by atoms with van der Waals surface area (Å²) in [5, 5.41) is 0.332. The highest BCUT2D eigenvalue weighted by atomic mass is 35.5. The van der Waals surface area contributed by atoms with Gasteiger partial charge >= 0.3 is 7.12 Å². The Morgan fingerprint density at radius 3 is 2.41 bits per heavy atom. The minimum absolute atomic E-state index is 0.158. The molecule has 1 aliphatic heterocycles. The minimum atomic E-state index is -0.497. The smallest absolute Gasteiger partial charge is 0.475 e. The monoisotopic (exact) mass is 329 g/mol. The first kappa shape index (κ1) is 17.5. The van der Waals surface area contributed by atoms with Crippen molar-refractivity contribution in [2.45, 2.75) is 51.3 Å². The van der Waals surface area contributed by atoms with E-state index in [2.05, 4.69) is 0 Å². The van der Waals surface area contributed by atoms with Crippen LogP contribution in [0.4, 0.5) is 4.39 Å². The lowest BCUT2D eigenvalue weighted by atomic mass is 9.77. The molecule has 1 unspecified atom stereocenters. The van der Waals surface area contributed by atoms with Crippen LogP contribution < -0.4 is 10.5 Å². The quantitative estimate of drug-likeness (QED) is 0.843. The van der Waals surface area contributed by atoms with E-state index in [1.807, 2.05) is 27.7 Å². The third kappa shape index (κ3) is 3.74. The first-order chi connectivity index (χ1) is 10.1. The second-order valence-electron chi connectivity index (χ2n) is 6.50. The molecular formula is C15H22BClFNO3. The SMILES string of the molecule is CC1(C)OB(C(N)CCOc2ccc(Cl)cc2F)OC1(C)C. The Hall–Kier alpha value is -0.815. The predicted octanol–water partition coefficient (Wildman–Crippen LogP) is 3.21. The maximum absolute atomic E-state index is 13.6. The topological polar surface area (TPSA) is 53.7 Å². The van der Waals surface area contributed by atoms with Crippen LogP contribution in [0.1, 0.15) is 34.1 Å². The number of halogens is 2. The van der Waals surface area contributed by atoms with Crippen LogP contribution >= 0.6 is 11.6 Å². The zero-order valence-electron chi connectivity index (χ0n) is 13.4. The number of rotatable bonds is 5. The Morgan fingerprint density at radius 2 is 1.86 bits per heavy atom. The minimum Gasteiger partial charge on any atom is -0.490 e. The molecule has 1 aromatic carbocycles. The van der Waals surface area contributed by atoms with E-state index in [0.717, 1.165) is 0 Å². The molecule has 122 valence electrons. The number of nitrogens with two attached hydrogens (primary N) is 1. The summed E-state index contributed by atoms with van der Waals surface area (Å²) in [4.78, 5) is 0. The van der Waals surface area contributed by atoms with E-state index in [1.165, 1.54) is 12.1 Å². The van der Waals surface area contributed by atoms with Gasteiger partial charge in [-0.15, -0.1) is 0 Å². The van der Waals surface area contributed by atoms with E-state index in [4.69, 9.17) is 31.4 Å². The lowest BCUT2D eigenvalue weighted by molar-refractivity contribution is 0.00578. The molecule has 2 rings (SSSR count). The molecule has 0 aromatic heterocycles. The molecule has 7 heteroatoms. The van der Waals surface area contributed by atoms with Crippen molar-refractivity contribution in [3.63, 3.8) is 0 Å². The van der Waals surface area contributed by atoms with Gasteiger partial charge in [-0.05, 0) is 52.3 Å². The van der Waals surface area contributed by atoms with Crippen LogP contribution in [-0.2, 0) is 9.31 Å². The summed E-state index contributed by atoms with van der Waals surface area (Å²) >= 11 is 5.69. The molecule has 22 heavy (non-hydrogen) atoms. The molecule has 0 aliphatic carbocycles. The van der Waals surface area contributed by atoms with E-state index in [9.17, 15) is 4.39 Å². The van der Waals surface area contributed by atoms with Gasteiger partial charge in [-0.25, -0.2) is 4.39 Å². The van der Waals surface area contributed by atoms with Gasteiger partial charge in [0.05, 0.1) is 17.8 Å². The molecule has 0 amide bonds. The van der Waals surface area contributed by atoms with Crippen LogP contribution in [0, 0.1) is 5.82 Å². The van der Waals surface area contributed by atoms with Crippen molar-refractivity contribution in [3.8, 4) is 5.75 Å². The number of hydrogen-bond donors (Lipinski definition) is 1. The van der Waals surface area contributed by atoms with Gasteiger partial charge in [0.25, 0.3) is 0 Å². The van der Waals surface area contributed by atoms with Crippen molar-refractivity contribution in [2.24, 2.45) is 5.73 Å². The molecule has 2 N–H and O–H groups in total. The number of ether oxygens (including phenoxy) is 1. The maximum Gasteiger partial charge on any atom is 0.475 e. The molecule has 0 radical (unpaired) electrons. The van der Waals surface area contributed by atoms with Crippen LogP contribution in [0.25, 0.3) is 0 Å². The Bertz CT molecular complexity index is 526. The molecule has 1 aromatic rings. The van der Waals surface area contributed by atoms with E-state index >= 15 is 0 Å². The van der Waals surface area contributed by atoms with Crippen molar-refractivity contribution in [3.05, 3.63) is 29.0 Å². The molecule has 1 saturated heterocycles. The third-order valence-corrected chi connectivity index (χ3v) is 4.46. The molecule has 1 heterocycles. The van der Waals surface area contributed by atoms with Crippen molar-refractivity contribution < 1.29 is 18.4 Å². The van der Waals surface area contributed by atoms with E-state index in [0.29, 0.717) is 11.4 Å². The second kappa shape index (κ2) is 6.36. The predicted molar refractivity (Wildman–Crippen MR) is 85.6 cm³/mol. The molecule has 0 spiro atoms. The first-order valence-electron chi connectivity index (χ1n) is 7.31. The van der Waals surface area contributed by atoms with Crippen LogP contribution in [-0.4, -0.2) is 30.9 Å². The van der Waals surface area contributed by atoms with Gasteiger partial charge in [0, 0.05) is 11.0 Å². The largest absolute Gasteiger partial charge is 0.490 e. The van der Waals surface area contributed by atoms with E-state index in [-0.39, 0.29) is 18.3 Å². The summed E-state index contributed by atoms with van der Waals surface area (Å²) in [6, 6.07) is 4.29. The molecular weight excluding hydrogens is 307 g/mol. The Kier molecular flexibility index (Phi) is 5.07. The first-order valence-corrected chi connectivity index (χ1v) is 7.69. The number of hydrogen-bond acceptors (Lipinski definition) is 4. The van der Waals surface area contributed by atoms with Gasteiger partial charge in [-0.3, -0.25) is 0 Å². The summed E-state index contributed by atoms with van der Waals surface area (Å²) < 4.78 is 30.7. The van der Waals surface area contributed by atoms with Gasteiger partial charge < -0.3 is 19.8 Å². The molecule has 1 aliphatic rings. The van der Waals surface area contributed by atoms with Crippen molar-refractivity contribution in [1.29, 1.82) is 0 Å². The van der Waals surface area contributed by atoms with E-state index < -0.39 is 24.1 Å². The number of benzene rings is 1. The van der Waals surface area contributed by atoms with Gasteiger partial charge in [0.2, 0.25) is 0 Å². The van der Waals surface area contributed by atoms with Crippen molar-refractivity contribution >= 4 is 18.7 Å². The van der Waals surface area contributed by atoms with Gasteiger partial charge in [0.1, 0.15) is 0 Å². The zero-order chi connectivity index (χ0) is 16.5. The third-order valence-electron chi connectivity index (χ3n) is 4.22. The van der Waals surface area contributed by atoms with Crippen molar-refractivity contribution in [1.82, 2.24) is 0 Å². The molecule has 0 saturated carbocycles. The summed E-state index contributed by atoms with van der Waals surface area (Å²) in [6.45, 7) is 8.15. The lowest BCUT2D eigenvalue weighted by Crippen LogP contribution is -2.42. The average Bonchev–Trinajstić information content (AvgIpc) is 2.61. The standard InChI is InChI=1S/C15H22BClFNO3/c1-14(2)15(3,4)22-16(21-14)13(19)7-8-20-12-6-5-10(17)9-11(12)18/h5-6,9,13H,7-8,19H2,1-4H3. The maximum atomic E-state index is 13.6. The van der Waals surface area contributed by atoms with Gasteiger partial charge in [0.15, 0.2) is 11.6 Å². The fourth-order valence-corrected chi connectivity index (χ4v) is 2.26. The average molecular weight is 330 g/mol. The zero-order valence-corrected chi connectivity index (χ0v) is 14.1. The van der Waals surface area contributed by atoms with Crippen LogP contribution in [0.15, 0.2) is 18.2 Å². The summed E-state index contributed by atoms with van der Waals surface area (Å²) in [7, 11) is -0.497. The van der Waals surface area contributed by atoms with E-state index in [1.54, 1.807) is 6.07 Å². The van der Waals surface area contributed by atoms with Crippen LogP contribution in [0.3, 0.4) is 0 Å². The fraction of sp³-hybridized carbons (Fsp3) is 0.600. The Balaban J connectivity index is 1.85. The highest BCUT2D eigenvalue weighted by Crippen LogP contribution is 2.37. The molecule has 1 fully saturated rings. The molecule has 1 atom stereocenters. The molecule has 4 nitrogen and oxygen atoms in total.